The SMILES string of the molecule is Cc1ccc(S(=O)(=O)N2CCCN3C(=O)c4ccccc4[C@@]32c2ccccc2)cc1. The molecule has 3 aromatic carbocycles. The van der Waals surface area contributed by atoms with Crippen molar-refractivity contribution in [2.24, 2.45) is 0 Å². The number of carbonyl (C=O) groups is 1. The fourth-order valence-electron chi connectivity index (χ4n) is 4.74. The third-order valence-electron chi connectivity index (χ3n) is 6.06. The van der Waals surface area contributed by atoms with Gasteiger partial charge in [0.25, 0.3) is 5.91 Å². The average Bonchev–Trinajstić information content (AvgIpc) is 3.04. The number of hydrogen-bond donors (Lipinski definition) is 0. The third-order valence-corrected chi connectivity index (χ3v) is 7.95. The summed E-state index contributed by atoms with van der Waals surface area (Å²) < 4.78 is 29.4. The summed E-state index contributed by atoms with van der Waals surface area (Å²) in [5.74, 6) is -0.127. The van der Waals surface area contributed by atoms with Crippen molar-refractivity contribution in [2.45, 2.75) is 23.9 Å². The highest BCUT2D eigenvalue weighted by molar-refractivity contribution is 7.89. The molecular formula is C24H22N2O3S. The minimum atomic E-state index is -3.87. The fourth-order valence-corrected chi connectivity index (χ4v) is 6.49. The topological polar surface area (TPSA) is 57.7 Å². The lowest BCUT2D eigenvalue weighted by atomic mass is 9.89. The first kappa shape index (κ1) is 19.0. The van der Waals surface area contributed by atoms with Gasteiger partial charge in [0.05, 0.1) is 4.90 Å². The van der Waals surface area contributed by atoms with E-state index in [1.54, 1.807) is 35.2 Å². The molecule has 0 unspecified atom stereocenters. The van der Waals surface area contributed by atoms with Crippen LogP contribution >= 0.6 is 0 Å². The van der Waals surface area contributed by atoms with Gasteiger partial charge in [-0.2, -0.15) is 4.31 Å². The molecule has 0 radical (unpaired) electrons. The van der Waals surface area contributed by atoms with Gasteiger partial charge in [-0.3, -0.25) is 4.79 Å². The predicted octanol–water partition coefficient (Wildman–Crippen LogP) is 3.75. The van der Waals surface area contributed by atoms with Crippen LogP contribution in [-0.2, 0) is 15.7 Å². The molecule has 0 aliphatic carbocycles. The number of sulfonamides is 1. The molecule has 1 atom stereocenters. The van der Waals surface area contributed by atoms with Crippen LogP contribution in [-0.4, -0.2) is 36.6 Å². The number of carbonyl (C=O) groups excluding carboxylic acids is 1. The highest BCUT2D eigenvalue weighted by Crippen LogP contribution is 2.50. The van der Waals surface area contributed by atoms with E-state index in [1.165, 1.54) is 4.31 Å². The normalized spacial score (nSPS) is 21.4. The summed E-state index contributed by atoms with van der Waals surface area (Å²) in [5, 5.41) is 0. The molecule has 0 saturated carbocycles. The average molecular weight is 419 g/mol. The lowest BCUT2D eigenvalue weighted by Gasteiger charge is -2.50. The zero-order valence-electron chi connectivity index (χ0n) is 16.7. The first-order chi connectivity index (χ1) is 14.5. The second-order valence-electron chi connectivity index (χ2n) is 7.78. The highest BCUT2D eigenvalue weighted by Gasteiger charge is 2.59. The van der Waals surface area contributed by atoms with Crippen LogP contribution in [0.25, 0.3) is 0 Å². The number of aryl methyl sites for hydroxylation is 1. The molecule has 0 spiro atoms. The summed E-state index contributed by atoms with van der Waals surface area (Å²) >= 11 is 0. The Balaban J connectivity index is 1.81. The maximum absolute atomic E-state index is 13.9. The van der Waals surface area contributed by atoms with Crippen LogP contribution in [0.4, 0.5) is 0 Å². The zero-order chi connectivity index (χ0) is 20.9. The number of hydrogen-bond acceptors (Lipinski definition) is 3. The Morgan fingerprint density at radius 3 is 2.23 bits per heavy atom. The van der Waals surface area contributed by atoms with Gasteiger partial charge in [0, 0.05) is 24.2 Å². The summed E-state index contributed by atoms with van der Waals surface area (Å²) in [7, 11) is -3.87. The molecule has 0 bridgehead atoms. The second kappa shape index (κ2) is 6.79. The number of rotatable bonds is 3. The molecular weight excluding hydrogens is 396 g/mol. The second-order valence-corrected chi connectivity index (χ2v) is 9.65. The van der Waals surface area contributed by atoms with Gasteiger partial charge in [-0.05, 0) is 37.1 Å². The molecule has 1 saturated heterocycles. The summed E-state index contributed by atoms with van der Waals surface area (Å²) in [6.07, 6.45) is 0.583. The molecule has 3 aromatic rings. The van der Waals surface area contributed by atoms with Crippen molar-refractivity contribution in [3.05, 3.63) is 101 Å². The van der Waals surface area contributed by atoms with Crippen LogP contribution in [0.3, 0.4) is 0 Å². The van der Waals surface area contributed by atoms with Gasteiger partial charge in [-0.15, -0.1) is 0 Å². The van der Waals surface area contributed by atoms with E-state index in [2.05, 4.69) is 0 Å². The van der Waals surface area contributed by atoms with Gasteiger partial charge in [-0.25, -0.2) is 8.42 Å². The Morgan fingerprint density at radius 1 is 0.833 bits per heavy atom. The lowest BCUT2D eigenvalue weighted by molar-refractivity contribution is 0.00775. The van der Waals surface area contributed by atoms with Crippen molar-refractivity contribution in [2.75, 3.05) is 13.1 Å². The van der Waals surface area contributed by atoms with E-state index >= 15 is 0 Å². The minimum Gasteiger partial charge on any atom is -0.311 e. The first-order valence-corrected chi connectivity index (χ1v) is 11.5. The molecule has 30 heavy (non-hydrogen) atoms. The van der Waals surface area contributed by atoms with E-state index in [0.29, 0.717) is 25.1 Å². The summed E-state index contributed by atoms with van der Waals surface area (Å²) in [4.78, 5) is 15.3. The Hall–Kier alpha value is -2.96. The molecule has 152 valence electrons. The van der Waals surface area contributed by atoms with Crippen molar-refractivity contribution < 1.29 is 13.2 Å². The van der Waals surface area contributed by atoms with Crippen LogP contribution in [0.1, 0.15) is 33.5 Å². The molecule has 2 heterocycles. The van der Waals surface area contributed by atoms with Crippen molar-refractivity contribution in [3.63, 3.8) is 0 Å². The molecule has 1 amide bonds. The van der Waals surface area contributed by atoms with E-state index in [9.17, 15) is 13.2 Å². The molecule has 0 N–H and O–H groups in total. The predicted molar refractivity (Wildman–Crippen MR) is 114 cm³/mol. The molecule has 0 aromatic heterocycles. The fraction of sp³-hybridized carbons (Fsp3) is 0.208. The molecule has 2 aliphatic heterocycles. The van der Waals surface area contributed by atoms with Crippen molar-refractivity contribution in [1.29, 1.82) is 0 Å². The largest absolute Gasteiger partial charge is 0.311 e. The zero-order valence-corrected chi connectivity index (χ0v) is 17.5. The van der Waals surface area contributed by atoms with E-state index in [1.807, 2.05) is 55.5 Å². The van der Waals surface area contributed by atoms with E-state index in [4.69, 9.17) is 0 Å². The van der Waals surface area contributed by atoms with E-state index < -0.39 is 15.7 Å². The van der Waals surface area contributed by atoms with Gasteiger partial charge < -0.3 is 4.90 Å². The van der Waals surface area contributed by atoms with E-state index in [0.717, 1.165) is 16.7 Å². The number of nitrogens with zero attached hydrogens (tertiary/aromatic N) is 2. The van der Waals surface area contributed by atoms with Gasteiger partial charge in [-0.1, -0.05) is 66.2 Å². The van der Waals surface area contributed by atoms with Crippen LogP contribution in [0.2, 0.25) is 0 Å². The van der Waals surface area contributed by atoms with Gasteiger partial charge in [0.2, 0.25) is 10.0 Å². The molecule has 5 nitrogen and oxygen atoms in total. The molecule has 5 rings (SSSR count). The van der Waals surface area contributed by atoms with E-state index in [-0.39, 0.29) is 10.8 Å². The van der Waals surface area contributed by atoms with Crippen molar-refractivity contribution in [1.82, 2.24) is 9.21 Å². The summed E-state index contributed by atoms with van der Waals surface area (Å²) in [6.45, 7) is 2.77. The Bertz CT molecular complexity index is 1220. The molecule has 1 fully saturated rings. The number of fused-ring (bicyclic) bond motifs is 3. The number of benzene rings is 3. The van der Waals surface area contributed by atoms with Crippen molar-refractivity contribution in [3.8, 4) is 0 Å². The quantitative estimate of drug-likeness (QED) is 0.651. The van der Waals surface area contributed by atoms with Crippen LogP contribution in [0, 0.1) is 6.92 Å². The van der Waals surface area contributed by atoms with Gasteiger partial charge in [0.15, 0.2) is 5.66 Å². The van der Waals surface area contributed by atoms with Crippen LogP contribution in [0.15, 0.2) is 83.8 Å². The summed E-state index contributed by atoms with van der Waals surface area (Å²) in [6, 6.07) is 23.7. The summed E-state index contributed by atoms with van der Waals surface area (Å²) in [5.41, 5.74) is 1.87. The van der Waals surface area contributed by atoms with Crippen molar-refractivity contribution >= 4 is 15.9 Å². The monoisotopic (exact) mass is 418 g/mol. The maximum atomic E-state index is 13.9. The molecule has 2 aliphatic rings. The minimum absolute atomic E-state index is 0.127. The Labute approximate surface area is 176 Å². The maximum Gasteiger partial charge on any atom is 0.256 e. The van der Waals surface area contributed by atoms with Gasteiger partial charge >= 0.3 is 0 Å². The van der Waals surface area contributed by atoms with Crippen LogP contribution in [0.5, 0.6) is 0 Å². The first-order valence-electron chi connectivity index (χ1n) is 10.0. The Kier molecular flexibility index (Phi) is 4.31. The lowest BCUT2D eigenvalue weighted by Crippen LogP contribution is -2.62. The van der Waals surface area contributed by atoms with Crippen LogP contribution < -0.4 is 0 Å². The smallest absolute Gasteiger partial charge is 0.256 e. The Morgan fingerprint density at radius 2 is 1.50 bits per heavy atom. The standard InChI is InChI=1S/C24H22N2O3S/c1-18-12-14-20(15-13-18)30(28,29)26-17-7-16-25-23(27)21-10-5-6-11-22(21)24(25,26)19-8-3-2-4-9-19/h2-6,8-15H,7,16-17H2,1H3/t24-/m0/s1. The van der Waals surface area contributed by atoms with Gasteiger partial charge in [0.1, 0.15) is 0 Å². The third kappa shape index (κ3) is 2.50. The molecule has 6 heteroatoms. The highest BCUT2D eigenvalue weighted by atomic mass is 32.2. The number of amides is 1.